The molecule has 0 N–H and O–H groups in total. The SMILES string of the molecule is C[C@@H]1CCCC[C@H]1n1c(SCC(=O)N2CCN(c3ccccc3)CC2)nnc1-c1cccnc1. The molecule has 1 saturated heterocycles. The largest absolute Gasteiger partial charge is 0.368 e. The number of anilines is 1. The Morgan fingerprint density at radius 1 is 1.00 bits per heavy atom. The van der Waals surface area contributed by atoms with Crippen LogP contribution in [0.25, 0.3) is 11.4 Å². The second-order valence-corrected chi connectivity index (χ2v) is 10.2. The molecule has 1 aliphatic heterocycles. The van der Waals surface area contributed by atoms with Crippen molar-refractivity contribution in [1.29, 1.82) is 0 Å². The van der Waals surface area contributed by atoms with Crippen LogP contribution in [0.5, 0.6) is 0 Å². The maximum Gasteiger partial charge on any atom is 0.233 e. The van der Waals surface area contributed by atoms with Crippen molar-refractivity contribution in [3.63, 3.8) is 0 Å². The molecule has 2 aromatic heterocycles. The highest BCUT2D eigenvalue weighted by Gasteiger charge is 2.29. The van der Waals surface area contributed by atoms with Gasteiger partial charge in [-0.1, -0.05) is 49.7 Å². The van der Waals surface area contributed by atoms with E-state index in [0.29, 0.717) is 17.7 Å². The van der Waals surface area contributed by atoms with E-state index in [9.17, 15) is 4.79 Å². The van der Waals surface area contributed by atoms with E-state index in [4.69, 9.17) is 0 Å². The molecule has 1 aliphatic carbocycles. The summed E-state index contributed by atoms with van der Waals surface area (Å²) >= 11 is 1.52. The van der Waals surface area contributed by atoms with E-state index < -0.39 is 0 Å². The highest BCUT2D eigenvalue weighted by atomic mass is 32.2. The van der Waals surface area contributed by atoms with Crippen LogP contribution in [0.2, 0.25) is 0 Å². The first-order chi connectivity index (χ1) is 16.7. The lowest BCUT2D eigenvalue weighted by molar-refractivity contribution is -0.128. The van der Waals surface area contributed by atoms with Gasteiger partial charge in [-0.3, -0.25) is 14.3 Å². The summed E-state index contributed by atoms with van der Waals surface area (Å²) in [4.78, 5) is 21.7. The van der Waals surface area contributed by atoms with Crippen molar-refractivity contribution in [3.05, 3.63) is 54.9 Å². The molecule has 2 atom stereocenters. The van der Waals surface area contributed by atoms with Gasteiger partial charge in [0.05, 0.1) is 5.75 Å². The minimum absolute atomic E-state index is 0.173. The van der Waals surface area contributed by atoms with Gasteiger partial charge in [0.15, 0.2) is 11.0 Å². The van der Waals surface area contributed by atoms with Gasteiger partial charge < -0.3 is 9.80 Å². The molecule has 2 fully saturated rings. The standard InChI is InChI=1S/C26H32N6OS/c1-20-8-5-6-12-23(20)32-25(21-9-7-13-27-18-21)28-29-26(32)34-19-24(33)31-16-14-30(15-17-31)22-10-3-2-4-11-22/h2-4,7,9-11,13,18,20,23H,5-6,8,12,14-17,19H2,1H3/t20-,23-/m1/s1. The number of carbonyl (C=O) groups excluding carboxylic acids is 1. The lowest BCUT2D eigenvalue weighted by Gasteiger charge is -2.36. The maximum absolute atomic E-state index is 13.1. The summed E-state index contributed by atoms with van der Waals surface area (Å²) in [5.74, 6) is 1.98. The lowest BCUT2D eigenvalue weighted by atomic mass is 9.85. The molecule has 7 nitrogen and oxygen atoms in total. The minimum atomic E-state index is 0.173. The van der Waals surface area contributed by atoms with Gasteiger partial charge in [-0.2, -0.15) is 0 Å². The van der Waals surface area contributed by atoms with Crippen LogP contribution < -0.4 is 4.90 Å². The fraction of sp³-hybridized carbons (Fsp3) is 0.462. The molecule has 0 unspecified atom stereocenters. The highest BCUT2D eigenvalue weighted by molar-refractivity contribution is 7.99. The summed E-state index contributed by atoms with van der Waals surface area (Å²) in [5.41, 5.74) is 2.20. The van der Waals surface area contributed by atoms with E-state index in [1.54, 1.807) is 6.20 Å². The van der Waals surface area contributed by atoms with Crippen LogP contribution in [0.3, 0.4) is 0 Å². The molecule has 8 heteroatoms. The molecule has 0 radical (unpaired) electrons. The Hall–Kier alpha value is -2.87. The molecular formula is C26H32N6OS. The Labute approximate surface area is 205 Å². The number of nitrogens with zero attached hydrogens (tertiary/aromatic N) is 6. The number of hydrogen-bond donors (Lipinski definition) is 0. The number of piperazine rings is 1. The van der Waals surface area contributed by atoms with E-state index in [0.717, 1.165) is 49.1 Å². The Morgan fingerprint density at radius 3 is 2.53 bits per heavy atom. The van der Waals surface area contributed by atoms with E-state index in [1.165, 1.54) is 36.7 Å². The number of carbonyl (C=O) groups is 1. The molecule has 1 amide bonds. The van der Waals surface area contributed by atoms with Crippen LogP contribution in [-0.2, 0) is 4.79 Å². The zero-order valence-electron chi connectivity index (χ0n) is 19.7. The van der Waals surface area contributed by atoms with Crippen LogP contribution in [0, 0.1) is 5.92 Å². The molecule has 0 spiro atoms. The van der Waals surface area contributed by atoms with Crippen molar-refractivity contribution in [2.45, 2.75) is 43.8 Å². The van der Waals surface area contributed by atoms with Gasteiger partial charge in [0.1, 0.15) is 0 Å². The second kappa shape index (κ2) is 10.6. The van der Waals surface area contributed by atoms with Crippen LogP contribution in [0.15, 0.2) is 60.0 Å². The number of para-hydroxylation sites is 1. The van der Waals surface area contributed by atoms with Gasteiger partial charge >= 0.3 is 0 Å². The van der Waals surface area contributed by atoms with Crippen LogP contribution >= 0.6 is 11.8 Å². The van der Waals surface area contributed by atoms with E-state index in [1.807, 2.05) is 29.3 Å². The Balaban J connectivity index is 1.27. The third-order valence-corrected chi connectivity index (χ3v) is 7.99. The molecule has 34 heavy (non-hydrogen) atoms. The summed E-state index contributed by atoms with van der Waals surface area (Å²) in [5, 5.41) is 9.93. The first kappa shape index (κ1) is 22.9. The van der Waals surface area contributed by atoms with E-state index >= 15 is 0 Å². The van der Waals surface area contributed by atoms with Gasteiger partial charge in [0.2, 0.25) is 5.91 Å². The quantitative estimate of drug-likeness (QED) is 0.487. The topological polar surface area (TPSA) is 67.2 Å². The van der Waals surface area contributed by atoms with Crippen molar-refractivity contribution in [3.8, 4) is 11.4 Å². The number of thioether (sulfide) groups is 1. The number of pyridine rings is 1. The molecule has 1 aromatic carbocycles. The smallest absolute Gasteiger partial charge is 0.233 e. The zero-order valence-corrected chi connectivity index (χ0v) is 20.5. The number of hydrogen-bond acceptors (Lipinski definition) is 6. The van der Waals surface area contributed by atoms with Crippen molar-refractivity contribution in [1.82, 2.24) is 24.6 Å². The first-order valence-electron chi connectivity index (χ1n) is 12.3. The summed E-state index contributed by atoms with van der Waals surface area (Å²) < 4.78 is 2.28. The number of benzene rings is 1. The maximum atomic E-state index is 13.1. The molecule has 2 aliphatic rings. The molecule has 178 valence electrons. The lowest BCUT2D eigenvalue weighted by Crippen LogP contribution is -2.49. The zero-order chi connectivity index (χ0) is 23.3. The third-order valence-electron chi connectivity index (χ3n) is 7.06. The summed E-state index contributed by atoms with van der Waals surface area (Å²) in [6.45, 7) is 5.55. The minimum Gasteiger partial charge on any atom is -0.368 e. The van der Waals surface area contributed by atoms with Gasteiger partial charge in [0.25, 0.3) is 0 Å². The fourth-order valence-electron chi connectivity index (χ4n) is 5.12. The molecule has 0 bridgehead atoms. The molecular weight excluding hydrogens is 444 g/mol. The van der Waals surface area contributed by atoms with Crippen molar-refractivity contribution in [2.75, 3.05) is 36.8 Å². The van der Waals surface area contributed by atoms with E-state index in [-0.39, 0.29) is 5.91 Å². The van der Waals surface area contributed by atoms with Gasteiger partial charge in [0, 0.05) is 55.9 Å². The van der Waals surface area contributed by atoms with Crippen LogP contribution in [-0.4, -0.2) is 62.5 Å². The van der Waals surface area contributed by atoms with Gasteiger partial charge in [-0.25, -0.2) is 0 Å². The summed E-state index contributed by atoms with van der Waals surface area (Å²) in [7, 11) is 0. The third kappa shape index (κ3) is 4.97. The molecule has 3 aromatic rings. The Kier molecular flexibility index (Phi) is 7.13. The highest BCUT2D eigenvalue weighted by Crippen LogP contribution is 2.38. The van der Waals surface area contributed by atoms with Crippen LogP contribution in [0.1, 0.15) is 38.6 Å². The summed E-state index contributed by atoms with van der Waals surface area (Å²) in [6.07, 6.45) is 8.45. The Morgan fingerprint density at radius 2 is 1.79 bits per heavy atom. The van der Waals surface area contributed by atoms with Crippen molar-refractivity contribution >= 4 is 23.4 Å². The number of rotatable bonds is 6. The molecule has 5 rings (SSSR count). The number of aromatic nitrogens is 4. The fourth-order valence-corrected chi connectivity index (χ4v) is 6.01. The van der Waals surface area contributed by atoms with Crippen LogP contribution in [0.4, 0.5) is 5.69 Å². The monoisotopic (exact) mass is 476 g/mol. The number of amides is 1. The first-order valence-corrected chi connectivity index (χ1v) is 13.2. The molecule has 3 heterocycles. The van der Waals surface area contributed by atoms with Gasteiger partial charge in [-0.15, -0.1) is 10.2 Å². The van der Waals surface area contributed by atoms with Gasteiger partial charge in [-0.05, 0) is 43.0 Å². The predicted molar refractivity (Wildman–Crippen MR) is 136 cm³/mol. The Bertz CT molecular complexity index is 1080. The normalized spacial score (nSPS) is 21.0. The summed E-state index contributed by atoms with van der Waals surface area (Å²) in [6, 6.07) is 14.7. The van der Waals surface area contributed by atoms with Crippen molar-refractivity contribution < 1.29 is 4.79 Å². The average molecular weight is 477 g/mol. The van der Waals surface area contributed by atoms with Crippen molar-refractivity contribution in [2.24, 2.45) is 5.92 Å². The predicted octanol–water partition coefficient (Wildman–Crippen LogP) is 4.53. The average Bonchev–Trinajstić information content (AvgIpc) is 3.32. The molecule has 1 saturated carbocycles. The second-order valence-electron chi connectivity index (χ2n) is 9.24. The van der Waals surface area contributed by atoms with E-state index in [2.05, 4.69) is 55.8 Å².